The Morgan fingerprint density at radius 2 is 1.74 bits per heavy atom. The zero-order valence-corrected chi connectivity index (χ0v) is 23.3. The number of amidine groups is 1. The molecule has 3 aromatic rings. The predicted octanol–water partition coefficient (Wildman–Crippen LogP) is 7.88. The molecule has 35 heavy (non-hydrogen) atoms. The standard InChI is InChI=1S/C29H30IN3OS/c1-19-9-7-8-12-26(19)33-28(34)27(35-29(33)31-24-10-5-4-6-11-24)18-22-17-20(2)32(21(22)3)25-15-13-23(30)14-16-25/h4-6,10-11,13-19,26H,7-9,12H2,1-3H3/b27-18-,31-29?/t19-,26-/m0/s1. The van der Waals surface area contributed by atoms with Crippen molar-refractivity contribution in [3.63, 3.8) is 0 Å². The molecule has 1 saturated heterocycles. The molecule has 0 spiro atoms. The molecule has 1 aliphatic heterocycles. The van der Waals surface area contributed by atoms with Crippen LogP contribution >= 0.6 is 34.4 Å². The first-order valence-electron chi connectivity index (χ1n) is 12.2. The minimum atomic E-state index is 0.0856. The molecule has 1 aromatic heterocycles. The second-order valence-electron chi connectivity index (χ2n) is 9.48. The van der Waals surface area contributed by atoms with Gasteiger partial charge in [0.05, 0.1) is 10.6 Å². The van der Waals surface area contributed by atoms with E-state index in [-0.39, 0.29) is 11.9 Å². The van der Waals surface area contributed by atoms with Crippen molar-refractivity contribution in [1.82, 2.24) is 9.47 Å². The molecule has 0 radical (unpaired) electrons. The monoisotopic (exact) mass is 595 g/mol. The number of aromatic nitrogens is 1. The van der Waals surface area contributed by atoms with E-state index in [1.54, 1.807) is 0 Å². The van der Waals surface area contributed by atoms with Crippen molar-refractivity contribution in [2.75, 3.05) is 0 Å². The number of hydrogen-bond donors (Lipinski definition) is 0. The second kappa shape index (κ2) is 10.3. The second-order valence-corrected chi connectivity index (χ2v) is 11.7. The zero-order valence-electron chi connectivity index (χ0n) is 20.4. The van der Waals surface area contributed by atoms with Crippen molar-refractivity contribution in [2.45, 2.75) is 52.5 Å². The Kier molecular flexibility index (Phi) is 7.21. The van der Waals surface area contributed by atoms with Crippen LogP contribution in [0.3, 0.4) is 0 Å². The third-order valence-corrected chi connectivity index (χ3v) is 8.76. The minimum Gasteiger partial charge on any atom is -0.318 e. The summed E-state index contributed by atoms with van der Waals surface area (Å²) in [5.41, 5.74) is 5.39. The maximum Gasteiger partial charge on any atom is 0.267 e. The van der Waals surface area contributed by atoms with Crippen LogP contribution in [0.2, 0.25) is 0 Å². The molecule has 1 aliphatic carbocycles. The van der Waals surface area contributed by atoms with E-state index in [4.69, 9.17) is 4.99 Å². The molecule has 2 fully saturated rings. The SMILES string of the molecule is Cc1cc(/C=C2\SC(=Nc3ccccc3)N([C@H]3CCCC[C@@H]3C)C2=O)c(C)n1-c1ccc(I)cc1. The van der Waals surface area contributed by atoms with Crippen LogP contribution in [-0.2, 0) is 4.79 Å². The lowest BCUT2D eigenvalue weighted by atomic mass is 9.85. The highest BCUT2D eigenvalue weighted by molar-refractivity contribution is 14.1. The topological polar surface area (TPSA) is 37.6 Å². The van der Waals surface area contributed by atoms with Gasteiger partial charge in [0.25, 0.3) is 5.91 Å². The van der Waals surface area contributed by atoms with Crippen molar-refractivity contribution in [3.05, 3.63) is 86.1 Å². The number of para-hydroxylation sites is 1. The number of carbonyl (C=O) groups is 1. The van der Waals surface area contributed by atoms with Gasteiger partial charge in [0.15, 0.2) is 5.17 Å². The molecule has 0 unspecified atom stereocenters. The molecule has 5 rings (SSSR count). The molecule has 2 atom stereocenters. The summed E-state index contributed by atoms with van der Waals surface area (Å²) < 4.78 is 3.47. The predicted molar refractivity (Wildman–Crippen MR) is 155 cm³/mol. The summed E-state index contributed by atoms with van der Waals surface area (Å²) in [6.45, 7) is 6.52. The Hall–Kier alpha value is -2.32. The highest BCUT2D eigenvalue weighted by Gasteiger charge is 2.41. The van der Waals surface area contributed by atoms with E-state index >= 15 is 0 Å². The van der Waals surface area contributed by atoms with E-state index < -0.39 is 0 Å². The largest absolute Gasteiger partial charge is 0.318 e. The molecule has 2 aliphatic rings. The molecular weight excluding hydrogens is 565 g/mol. The number of carbonyl (C=O) groups excluding carboxylic acids is 1. The number of hydrogen-bond acceptors (Lipinski definition) is 3. The molecule has 0 N–H and O–H groups in total. The fourth-order valence-corrected chi connectivity index (χ4v) is 6.61. The fourth-order valence-electron chi connectivity index (χ4n) is 5.21. The number of halogens is 1. The van der Waals surface area contributed by atoms with E-state index in [0.717, 1.165) is 57.7 Å². The van der Waals surface area contributed by atoms with Crippen molar-refractivity contribution in [2.24, 2.45) is 10.9 Å². The number of thioether (sulfide) groups is 1. The zero-order chi connectivity index (χ0) is 24.5. The first-order chi connectivity index (χ1) is 16.9. The van der Waals surface area contributed by atoms with Gasteiger partial charge in [0.1, 0.15) is 0 Å². The van der Waals surface area contributed by atoms with Gasteiger partial charge in [-0.2, -0.15) is 0 Å². The van der Waals surface area contributed by atoms with E-state index in [1.165, 1.54) is 21.8 Å². The Balaban J connectivity index is 1.53. The minimum absolute atomic E-state index is 0.0856. The molecule has 2 heterocycles. The summed E-state index contributed by atoms with van der Waals surface area (Å²) in [7, 11) is 0. The summed E-state index contributed by atoms with van der Waals surface area (Å²) >= 11 is 3.84. The summed E-state index contributed by atoms with van der Waals surface area (Å²) in [4.78, 5) is 21.5. The molecule has 180 valence electrons. The Labute approximate surface area is 225 Å². The molecule has 0 bridgehead atoms. The van der Waals surface area contributed by atoms with E-state index in [9.17, 15) is 4.79 Å². The van der Waals surface area contributed by atoms with Gasteiger partial charge >= 0.3 is 0 Å². The van der Waals surface area contributed by atoms with Gasteiger partial charge in [-0.15, -0.1) is 0 Å². The van der Waals surface area contributed by atoms with Crippen molar-refractivity contribution >= 4 is 57.2 Å². The molecular formula is C29H30IN3OS. The van der Waals surface area contributed by atoms with E-state index in [2.05, 4.69) is 84.3 Å². The van der Waals surface area contributed by atoms with Crippen molar-refractivity contribution < 1.29 is 4.79 Å². The quantitative estimate of drug-likeness (QED) is 0.227. The van der Waals surface area contributed by atoms with Crippen molar-refractivity contribution in [1.29, 1.82) is 0 Å². The number of nitrogens with zero attached hydrogens (tertiary/aromatic N) is 3. The van der Waals surface area contributed by atoms with Gasteiger partial charge in [0, 0.05) is 26.7 Å². The van der Waals surface area contributed by atoms with E-state index in [0.29, 0.717) is 5.92 Å². The van der Waals surface area contributed by atoms with Gasteiger partial charge in [-0.05, 0) is 121 Å². The van der Waals surface area contributed by atoms with Gasteiger partial charge < -0.3 is 4.57 Å². The van der Waals surface area contributed by atoms with Crippen molar-refractivity contribution in [3.8, 4) is 5.69 Å². The Bertz CT molecular complexity index is 1290. The number of rotatable bonds is 4. The van der Waals surface area contributed by atoms with Crippen LogP contribution in [0.4, 0.5) is 5.69 Å². The first-order valence-corrected chi connectivity index (χ1v) is 14.1. The van der Waals surface area contributed by atoms with Gasteiger partial charge in [-0.25, -0.2) is 4.99 Å². The number of benzene rings is 2. The molecule has 4 nitrogen and oxygen atoms in total. The molecule has 1 amide bonds. The summed E-state index contributed by atoms with van der Waals surface area (Å²) in [6, 6.07) is 20.9. The average Bonchev–Trinajstić information content (AvgIpc) is 3.30. The van der Waals surface area contributed by atoms with Crippen LogP contribution in [0.1, 0.15) is 49.6 Å². The number of amides is 1. The highest BCUT2D eigenvalue weighted by Crippen LogP contribution is 2.40. The maximum absolute atomic E-state index is 13.8. The Morgan fingerprint density at radius 3 is 2.46 bits per heavy atom. The Morgan fingerprint density at radius 1 is 1.03 bits per heavy atom. The third-order valence-electron chi connectivity index (χ3n) is 7.06. The van der Waals surface area contributed by atoms with Crippen LogP contribution in [0.15, 0.2) is 70.6 Å². The van der Waals surface area contributed by atoms with Crippen LogP contribution in [0.5, 0.6) is 0 Å². The van der Waals surface area contributed by atoms with Crippen LogP contribution in [0.25, 0.3) is 11.8 Å². The summed E-state index contributed by atoms with van der Waals surface area (Å²) in [5, 5.41) is 0.803. The summed E-state index contributed by atoms with van der Waals surface area (Å²) in [5.74, 6) is 0.557. The van der Waals surface area contributed by atoms with Gasteiger partial charge in [0.2, 0.25) is 0 Å². The van der Waals surface area contributed by atoms with Crippen LogP contribution in [0, 0.1) is 23.3 Å². The third kappa shape index (κ3) is 5.00. The average molecular weight is 596 g/mol. The molecule has 1 saturated carbocycles. The van der Waals surface area contributed by atoms with Crippen LogP contribution < -0.4 is 0 Å². The fraction of sp³-hybridized carbons (Fsp3) is 0.310. The van der Waals surface area contributed by atoms with E-state index in [1.807, 2.05) is 35.2 Å². The normalized spacial score (nSPS) is 23.0. The number of aryl methyl sites for hydroxylation is 1. The lowest BCUT2D eigenvalue weighted by Gasteiger charge is -2.35. The summed E-state index contributed by atoms with van der Waals surface area (Å²) in [6.07, 6.45) is 6.67. The lowest BCUT2D eigenvalue weighted by Crippen LogP contribution is -2.44. The smallest absolute Gasteiger partial charge is 0.267 e. The van der Waals surface area contributed by atoms with Gasteiger partial charge in [-0.1, -0.05) is 38.0 Å². The lowest BCUT2D eigenvalue weighted by molar-refractivity contribution is -0.124. The maximum atomic E-state index is 13.8. The molecule has 6 heteroatoms. The molecule has 2 aromatic carbocycles. The van der Waals surface area contributed by atoms with Crippen LogP contribution in [-0.4, -0.2) is 26.6 Å². The first kappa shape index (κ1) is 24.4. The highest BCUT2D eigenvalue weighted by atomic mass is 127. The van der Waals surface area contributed by atoms with Gasteiger partial charge in [-0.3, -0.25) is 9.69 Å². The number of aliphatic imine (C=N–C) groups is 1.